The Morgan fingerprint density at radius 3 is 2.16 bits per heavy atom. The van der Waals surface area contributed by atoms with Crippen LogP contribution in [0, 0.1) is 10.1 Å². The summed E-state index contributed by atoms with van der Waals surface area (Å²) in [6.07, 6.45) is 4.65. The third-order valence-corrected chi connectivity index (χ3v) is 4.56. The zero-order valence-electron chi connectivity index (χ0n) is 17.6. The molecule has 0 radical (unpaired) electrons. The van der Waals surface area contributed by atoms with Crippen LogP contribution in [-0.2, 0) is 4.79 Å². The van der Waals surface area contributed by atoms with Crippen molar-refractivity contribution >= 4 is 17.2 Å². The number of carbonyl (C=O) groups excluding carboxylic acids is 1. The molecular formula is C25H21NO6. The van der Waals surface area contributed by atoms with Crippen LogP contribution in [-0.4, -0.2) is 25.1 Å². The molecule has 0 unspecified atom stereocenters. The molecule has 0 aliphatic carbocycles. The Hall–Kier alpha value is -4.39. The third-order valence-electron chi connectivity index (χ3n) is 4.56. The minimum Gasteiger partial charge on any atom is -0.497 e. The van der Waals surface area contributed by atoms with Crippen LogP contribution in [0.25, 0.3) is 5.57 Å². The molecule has 0 amide bonds. The second-order valence-electron chi connectivity index (χ2n) is 6.54. The predicted octanol–water partition coefficient (Wildman–Crippen LogP) is 5.21. The van der Waals surface area contributed by atoms with Crippen molar-refractivity contribution in [2.75, 3.05) is 14.2 Å². The Bertz CT molecular complexity index is 1150. The first-order valence-corrected chi connectivity index (χ1v) is 9.64. The van der Waals surface area contributed by atoms with E-state index in [-0.39, 0.29) is 11.4 Å². The van der Waals surface area contributed by atoms with Crippen LogP contribution in [0.3, 0.4) is 0 Å². The smallest absolute Gasteiger partial charge is 0.336 e. The summed E-state index contributed by atoms with van der Waals surface area (Å²) in [5.74, 6) is 1.03. The second kappa shape index (κ2) is 10.6. The topological polar surface area (TPSA) is 87.9 Å². The summed E-state index contributed by atoms with van der Waals surface area (Å²) in [5, 5.41) is 10.7. The molecule has 0 N–H and O–H groups in total. The number of benzene rings is 3. The van der Waals surface area contributed by atoms with E-state index in [0.29, 0.717) is 5.75 Å². The normalized spacial score (nSPS) is 11.2. The van der Waals surface area contributed by atoms with E-state index in [4.69, 9.17) is 14.2 Å². The number of non-ortho nitro benzene ring substituents is 1. The fraction of sp³-hybridized carbons (Fsp3) is 0.0800. The summed E-state index contributed by atoms with van der Waals surface area (Å²) in [4.78, 5) is 22.4. The maximum Gasteiger partial charge on any atom is 0.336 e. The highest BCUT2D eigenvalue weighted by Crippen LogP contribution is 2.32. The van der Waals surface area contributed by atoms with E-state index in [1.807, 2.05) is 48.5 Å². The molecule has 0 aromatic heterocycles. The molecule has 32 heavy (non-hydrogen) atoms. The number of ether oxygens (including phenoxy) is 3. The van der Waals surface area contributed by atoms with E-state index in [9.17, 15) is 14.9 Å². The van der Waals surface area contributed by atoms with Crippen molar-refractivity contribution in [2.45, 2.75) is 0 Å². The summed E-state index contributed by atoms with van der Waals surface area (Å²) in [6.45, 7) is 0. The largest absolute Gasteiger partial charge is 0.497 e. The lowest BCUT2D eigenvalue weighted by Gasteiger charge is -2.13. The molecule has 0 aliphatic heterocycles. The van der Waals surface area contributed by atoms with Crippen LogP contribution in [0.1, 0.15) is 11.1 Å². The van der Waals surface area contributed by atoms with Crippen molar-refractivity contribution < 1.29 is 23.9 Å². The molecule has 3 aromatic carbocycles. The first kappa shape index (κ1) is 22.3. The molecule has 162 valence electrons. The average Bonchev–Trinajstić information content (AvgIpc) is 2.82. The summed E-state index contributed by atoms with van der Waals surface area (Å²) in [5.41, 5.74) is 2.52. The number of carbonyl (C=O) groups is 1. The number of para-hydroxylation sites is 1. The minimum absolute atomic E-state index is 0.0794. The van der Waals surface area contributed by atoms with Crippen LogP contribution in [0.15, 0.2) is 91.0 Å². The van der Waals surface area contributed by atoms with Crippen LogP contribution in [0.5, 0.6) is 17.2 Å². The summed E-state index contributed by atoms with van der Waals surface area (Å²) in [6, 6.07) is 20.4. The van der Waals surface area contributed by atoms with E-state index in [2.05, 4.69) is 0 Å². The van der Waals surface area contributed by atoms with Crippen molar-refractivity contribution in [2.24, 2.45) is 0 Å². The lowest BCUT2D eigenvalue weighted by atomic mass is 9.96. The fourth-order valence-corrected chi connectivity index (χ4v) is 2.99. The van der Waals surface area contributed by atoms with Crippen LogP contribution in [0.2, 0.25) is 0 Å². The maximum absolute atomic E-state index is 12.2. The van der Waals surface area contributed by atoms with Gasteiger partial charge in [-0.15, -0.1) is 0 Å². The first-order valence-electron chi connectivity index (χ1n) is 9.64. The lowest BCUT2D eigenvalue weighted by molar-refractivity contribution is -0.384. The van der Waals surface area contributed by atoms with E-state index in [0.717, 1.165) is 22.4 Å². The third kappa shape index (κ3) is 5.60. The summed E-state index contributed by atoms with van der Waals surface area (Å²) in [7, 11) is 3.20. The number of hydrogen-bond acceptors (Lipinski definition) is 6. The monoisotopic (exact) mass is 431 g/mol. The predicted molar refractivity (Wildman–Crippen MR) is 121 cm³/mol. The fourth-order valence-electron chi connectivity index (χ4n) is 2.99. The van der Waals surface area contributed by atoms with Crippen LogP contribution in [0.4, 0.5) is 5.69 Å². The number of nitro benzene ring substituents is 1. The molecule has 0 atom stereocenters. The van der Waals surface area contributed by atoms with Gasteiger partial charge in [-0.2, -0.15) is 0 Å². The number of allylic oxidation sites excluding steroid dienone is 2. The number of nitro groups is 1. The van der Waals surface area contributed by atoms with Gasteiger partial charge in [-0.3, -0.25) is 10.1 Å². The van der Waals surface area contributed by atoms with Gasteiger partial charge in [0.2, 0.25) is 0 Å². The molecule has 0 aliphatic rings. The number of hydrogen-bond donors (Lipinski definition) is 0. The Morgan fingerprint density at radius 1 is 0.875 bits per heavy atom. The molecule has 7 nitrogen and oxygen atoms in total. The standard InChI is InChI=1S/C25H21NO6/c1-30-20-14-10-18(11-15-20)22(23-6-3-4-8-24(23)31-2)7-5-9-25(27)32-21-16-12-19(13-17-21)26(28)29/h3-17H,1-2H3/b9-5+,22-7+. The maximum atomic E-state index is 12.2. The van der Waals surface area contributed by atoms with E-state index >= 15 is 0 Å². The molecule has 0 saturated heterocycles. The second-order valence-corrected chi connectivity index (χ2v) is 6.54. The van der Waals surface area contributed by atoms with Gasteiger partial charge in [0, 0.05) is 23.8 Å². The molecule has 0 fully saturated rings. The van der Waals surface area contributed by atoms with Gasteiger partial charge >= 0.3 is 5.97 Å². The van der Waals surface area contributed by atoms with Crippen molar-refractivity contribution in [3.05, 3.63) is 112 Å². The van der Waals surface area contributed by atoms with Crippen molar-refractivity contribution in [1.29, 1.82) is 0 Å². The van der Waals surface area contributed by atoms with Gasteiger partial charge in [0.25, 0.3) is 5.69 Å². The molecule has 0 spiro atoms. The highest BCUT2D eigenvalue weighted by atomic mass is 16.6. The quantitative estimate of drug-likeness (QED) is 0.122. The van der Waals surface area contributed by atoms with Gasteiger partial charge in [0.05, 0.1) is 19.1 Å². The summed E-state index contributed by atoms with van der Waals surface area (Å²) >= 11 is 0. The van der Waals surface area contributed by atoms with Gasteiger partial charge in [0.15, 0.2) is 0 Å². The highest BCUT2D eigenvalue weighted by Gasteiger charge is 2.11. The Kier molecular flexibility index (Phi) is 7.37. The van der Waals surface area contributed by atoms with E-state index in [1.165, 1.54) is 30.3 Å². The SMILES string of the molecule is COc1ccc(/C(=C\C=C\C(=O)Oc2ccc([N+](=O)[O-])cc2)c2ccccc2OC)cc1. The van der Waals surface area contributed by atoms with Crippen molar-refractivity contribution in [3.63, 3.8) is 0 Å². The number of esters is 1. The number of nitrogens with zero attached hydrogens (tertiary/aromatic N) is 1. The van der Waals surface area contributed by atoms with Crippen molar-refractivity contribution in [3.8, 4) is 17.2 Å². The zero-order valence-corrected chi connectivity index (χ0v) is 17.6. The number of rotatable bonds is 8. The van der Waals surface area contributed by atoms with E-state index in [1.54, 1.807) is 26.4 Å². The van der Waals surface area contributed by atoms with Gasteiger partial charge < -0.3 is 14.2 Å². The molecule has 3 rings (SSSR count). The molecule has 0 heterocycles. The Labute approximate surface area is 185 Å². The van der Waals surface area contributed by atoms with Crippen LogP contribution < -0.4 is 14.2 Å². The Balaban J connectivity index is 1.85. The van der Waals surface area contributed by atoms with E-state index < -0.39 is 10.9 Å². The molecular weight excluding hydrogens is 410 g/mol. The van der Waals surface area contributed by atoms with Crippen LogP contribution >= 0.6 is 0 Å². The van der Waals surface area contributed by atoms with Crippen molar-refractivity contribution in [1.82, 2.24) is 0 Å². The molecule has 3 aromatic rings. The lowest BCUT2D eigenvalue weighted by Crippen LogP contribution is -2.03. The summed E-state index contributed by atoms with van der Waals surface area (Å²) < 4.78 is 15.9. The zero-order chi connectivity index (χ0) is 22.9. The number of methoxy groups -OCH3 is 2. The van der Waals surface area contributed by atoms with Gasteiger partial charge in [-0.1, -0.05) is 42.5 Å². The highest BCUT2D eigenvalue weighted by molar-refractivity contribution is 5.87. The van der Waals surface area contributed by atoms with Gasteiger partial charge in [-0.05, 0) is 41.5 Å². The molecule has 0 saturated carbocycles. The van der Waals surface area contributed by atoms with Gasteiger partial charge in [-0.25, -0.2) is 4.79 Å². The average molecular weight is 431 g/mol. The minimum atomic E-state index is -0.607. The molecule has 7 heteroatoms. The molecule has 0 bridgehead atoms. The Morgan fingerprint density at radius 2 is 1.53 bits per heavy atom. The van der Waals surface area contributed by atoms with Gasteiger partial charge in [0.1, 0.15) is 17.2 Å². The first-order chi connectivity index (χ1) is 15.5.